The molecule has 1 aliphatic rings. The van der Waals surface area contributed by atoms with Gasteiger partial charge in [0.25, 0.3) is 0 Å². The topological polar surface area (TPSA) is 95.7 Å². The van der Waals surface area contributed by atoms with Crippen LogP contribution in [0.5, 0.6) is 0 Å². The van der Waals surface area contributed by atoms with Gasteiger partial charge in [-0.2, -0.15) is 0 Å². The van der Waals surface area contributed by atoms with E-state index in [1.165, 1.54) is 83.5 Å². The molecule has 1 amide bonds. The Labute approximate surface area is 214 Å². The average molecular weight is 496 g/mol. The summed E-state index contributed by atoms with van der Waals surface area (Å²) in [6.07, 6.45) is 22.3. The molecule has 1 aliphatic heterocycles. The van der Waals surface area contributed by atoms with Crippen LogP contribution in [0.3, 0.4) is 0 Å². The number of ether oxygens (including phenoxy) is 2. The lowest BCUT2D eigenvalue weighted by molar-refractivity contribution is -0.189. The number of rotatable bonds is 24. The fraction of sp³-hybridized carbons (Fsp3) is 0.897. The maximum absolute atomic E-state index is 12.2. The molecule has 1 rings (SSSR count). The van der Waals surface area contributed by atoms with Crippen LogP contribution in [-0.2, 0) is 23.9 Å². The van der Waals surface area contributed by atoms with Gasteiger partial charge in [-0.3, -0.25) is 14.4 Å². The smallest absolute Gasteiger partial charge is 0.313 e. The molecule has 35 heavy (non-hydrogen) atoms. The molecule has 0 spiro atoms. The lowest BCUT2D eigenvalue weighted by Crippen LogP contribution is -2.46. The van der Waals surface area contributed by atoms with Crippen molar-refractivity contribution in [2.24, 2.45) is 11.7 Å². The van der Waals surface area contributed by atoms with E-state index in [2.05, 4.69) is 6.92 Å². The minimum atomic E-state index is -0.403. The molecule has 1 fully saturated rings. The molecular formula is C29H53NO5. The number of carbonyl (C=O) groups is 3. The van der Waals surface area contributed by atoms with E-state index in [4.69, 9.17) is 15.2 Å². The molecule has 0 aromatic heterocycles. The van der Waals surface area contributed by atoms with Gasteiger partial charge in [0.15, 0.2) is 0 Å². The number of primary amides is 1. The molecule has 0 radical (unpaired) electrons. The van der Waals surface area contributed by atoms with Gasteiger partial charge in [0, 0.05) is 19.3 Å². The third-order valence-electron chi connectivity index (χ3n) is 7.19. The summed E-state index contributed by atoms with van der Waals surface area (Å²) >= 11 is 0. The first-order chi connectivity index (χ1) is 17.0. The van der Waals surface area contributed by atoms with Crippen molar-refractivity contribution in [2.45, 2.75) is 161 Å². The highest BCUT2D eigenvalue weighted by atomic mass is 16.6. The highest BCUT2D eigenvalue weighted by molar-refractivity contribution is 5.78. The second-order valence-electron chi connectivity index (χ2n) is 10.4. The Morgan fingerprint density at radius 3 is 1.77 bits per heavy atom. The maximum atomic E-state index is 12.2. The normalized spacial score (nSPS) is 18.1. The quantitative estimate of drug-likeness (QED) is 0.113. The van der Waals surface area contributed by atoms with Crippen molar-refractivity contribution in [3.05, 3.63) is 0 Å². The summed E-state index contributed by atoms with van der Waals surface area (Å²) in [6.45, 7) is 4.25. The monoisotopic (exact) mass is 495 g/mol. The van der Waals surface area contributed by atoms with E-state index in [-0.39, 0.29) is 42.9 Å². The molecule has 6 nitrogen and oxygen atoms in total. The van der Waals surface area contributed by atoms with Gasteiger partial charge in [-0.15, -0.1) is 0 Å². The number of amides is 1. The highest BCUT2D eigenvalue weighted by Crippen LogP contribution is 2.31. The van der Waals surface area contributed by atoms with Crippen LogP contribution in [0.1, 0.15) is 149 Å². The van der Waals surface area contributed by atoms with Gasteiger partial charge in [0.05, 0.1) is 5.92 Å². The molecule has 204 valence electrons. The summed E-state index contributed by atoms with van der Waals surface area (Å²) in [5, 5.41) is 0. The molecule has 0 aromatic carbocycles. The van der Waals surface area contributed by atoms with Gasteiger partial charge in [-0.05, 0) is 25.7 Å². The molecule has 2 N–H and O–H groups in total. The Morgan fingerprint density at radius 2 is 1.31 bits per heavy atom. The molecular weight excluding hydrogens is 442 g/mol. The van der Waals surface area contributed by atoms with Gasteiger partial charge in [0.1, 0.15) is 12.2 Å². The standard InChI is InChI=1S/C29H53NO5/c1-3-5-6-7-8-9-10-11-12-13-14-15-16-17-18-20-24(23-26-25(4-2)29(33)35-26)34-28(32)22-19-21-27(30)31/h24-26H,3-23H2,1-2H3,(H2,30,31)/t24-,25-,26-/m0/s1. The van der Waals surface area contributed by atoms with Crippen LogP contribution in [0.15, 0.2) is 0 Å². The molecule has 6 heteroatoms. The van der Waals surface area contributed by atoms with Crippen molar-refractivity contribution in [3.63, 3.8) is 0 Å². The van der Waals surface area contributed by atoms with E-state index >= 15 is 0 Å². The second kappa shape index (κ2) is 20.6. The van der Waals surface area contributed by atoms with Gasteiger partial charge in [-0.1, -0.05) is 104 Å². The van der Waals surface area contributed by atoms with Crippen molar-refractivity contribution in [2.75, 3.05) is 0 Å². The fourth-order valence-corrected chi connectivity index (χ4v) is 4.92. The Bertz CT molecular complexity index is 579. The summed E-state index contributed by atoms with van der Waals surface area (Å²) in [4.78, 5) is 34.7. The van der Waals surface area contributed by atoms with Gasteiger partial charge in [-0.25, -0.2) is 0 Å². The minimum absolute atomic E-state index is 0.0767. The first-order valence-electron chi connectivity index (χ1n) is 14.7. The maximum Gasteiger partial charge on any atom is 0.313 e. The van der Waals surface area contributed by atoms with Crippen LogP contribution < -0.4 is 5.73 Å². The summed E-state index contributed by atoms with van der Waals surface area (Å²) in [5.41, 5.74) is 5.15. The number of esters is 2. The second-order valence-corrected chi connectivity index (χ2v) is 10.4. The predicted molar refractivity (Wildman–Crippen MR) is 141 cm³/mol. The van der Waals surface area contributed by atoms with E-state index in [1.54, 1.807) is 0 Å². The van der Waals surface area contributed by atoms with E-state index in [1.807, 2.05) is 6.92 Å². The largest absolute Gasteiger partial charge is 0.462 e. The lowest BCUT2D eigenvalue weighted by atomic mass is 9.89. The van der Waals surface area contributed by atoms with Crippen molar-refractivity contribution in [1.29, 1.82) is 0 Å². The zero-order valence-electron chi connectivity index (χ0n) is 22.7. The summed E-state index contributed by atoms with van der Waals surface area (Å²) in [5.74, 6) is -0.918. The first kappa shape index (κ1) is 31.4. The summed E-state index contributed by atoms with van der Waals surface area (Å²) < 4.78 is 11.0. The Hall–Kier alpha value is -1.59. The third-order valence-corrected chi connectivity index (χ3v) is 7.19. The van der Waals surface area contributed by atoms with Crippen molar-refractivity contribution in [3.8, 4) is 0 Å². The molecule has 0 aromatic rings. The van der Waals surface area contributed by atoms with Gasteiger partial charge in [0.2, 0.25) is 5.91 Å². The molecule has 0 saturated carbocycles. The number of carbonyl (C=O) groups excluding carboxylic acids is 3. The fourth-order valence-electron chi connectivity index (χ4n) is 4.92. The van der Waals surface area contributed by atoms with E-state index < -0.39 is 5.91 Å². The number of unbranched alkanes of at least 4 members (excludes halogenated alkanes) is 14. The van der Waals surface area contributed by atoms with Crippen LogP contribution in [-0.4, -0.2) is 30.1 Å². The minimum Gasteiger partial charge on any atom is -0.462 e. The number of nitrogens with two attached hydrogens (primary N) is 1. The Morgan fingerprint density at radius 1 is 0.800 bits per heavy atom. The first-order valence-corrected chi connectivity index (χ1v) is 14.7. The summed E-state index contributed by atoms with van der Waals surface area (Å²) in [6, 6.07) is 0. The van der Waals surface area contributed by atoms with Crippen LogP contribution >= 0.6 is 0 Å². The molecule has 3 atom stereocenters. The molecule has 0 unspecified atom stereocenters. The molecule has 1 saturated heterocycles. The van der Waals surface area contributed by atoms with Gasteiger partial charge < -0.3 is 15.2 Å². The number of hydrogen-bond acceptors (Lipinski definition) is 5. The van der Waals surface area contributed by atoms with Crippen LogP contribution in [0.4, 0.5) is 0 Å². The lowest BCUT2D eigenvalue weighted by Gasteiger charge is -2.36. The van der Waals surface area contributed by atoms with Crippen LogP contribution in [0, 0.1) is 5.92 Å². The van der Waals surface area contributed by atoms with Crippen LogP contribution in [0.2, 0.25) is 0 Å². The number of cyclic esters (lactones) is 1. The van der Waals surface area contributed by atoms with E-state index in [9.17, 15) is 14.4 Å². The zero-order valence-corrected chi connectivity index (χ0v) is 22.7. The zero-order chi connectivity index (χ0) is 25.7. The predicted octanol–water partition coefficient (Wildman–Crippen LogP) is 7.16. The van der Waals surface area contributed by atoms with Gasteiger partial charge >= 0.3 is 11.9 Å². The molecule has 0 aliphatic carbocycles. The SMILES string of the molecule is CCCCCCCCCCCCCCCCC[C@@H](C[C@@H]1OC(=O)[C@H]1CC)OC(=O)CCCC(N)=O. The van der Waals surface area contributed by atoms with Crippen molar-refractivity contribution < 1.29 is 23.9 Å². The summed E-state index contributed by atoms with van der Waals surface area (Å²) in [7, 11) is 0. The molecule has 0 bridgehead atoms. The van der Waals surface area contributed by atoms with E-state index in [0.29, 0.717) is 12.8 Å². The van der Waals surface area contributed by atoms with Crippen molar-refractivity contribution >= 4 is 17.8 Å². The average Bonchev–Trinajstić information content (AvgIpc) is 2.81. The van der Waals surface area contributed by atoms with Crippen molar-refractivity contribution in [1.82, 2.24) is 0 Å². The van der Waals surface area contributed by atoms with Crippen LogP contribution in [0.25, 0.3) is 0 Å². The molecule has 1 heterocycles. The number of hydrogen-bond donors (Lipinski definition) is 1. The third kappa shape index (κ3) is 15.9. The Balaban J connectivity index is 2.13. The highest BCUT2D eigenvalue weighted by Gasteiger charge is 2.42. The Kier molecular flexibility index (Phi) is 18.5. The van der Waals surface area contributed by atoms with E-state index in [0.717, 1.165) is 25.7 Å².